The van der Waals surface area contributed by atoms with Crippen LogP contribution >= 0.6 is 0 Å². The number of nitrogens with zero attached hydrogens (tertiary/aromatic N) is 1. The fraction of sp³-hybridized carbons (Fsp3) is 0.348. The molecular formula is C23H28N4O4. The molecule has 2 amide bonds. The van der Waals surface area contributed by atoms with Gasteiger partial charge in [-0.05, 0) is 62.2 Å². The van der Waals surface area contributed by atoms with Crippen molar-refractivity contribution in [3.05, 3.63) is 53.6 Å². The van der Waals surface area contributed by atoms with E-state index >= 15 is 0 Å². The summed E-state index contributed by atoms with van der Waals surface area (Å²) in [5.41, 5.74) is 9.57. The minimum Gasteiger partial charge on any atom is -0.462 e. The molecule has 0 aliphatic carbocycles. The molecule has 4 N–H and O–H groups in total. The number of rotatable bonds is 8. The Hall–Kier alpha value is -3.55. The average Bonchev–Trinajstić information content (AvgIpc) is 2.76. The van der Waals surface area contributed by atoms with E-state index in [1.54, 1.807) is 31.2 Å². The Balaban J connectivity index is 1.53. The molecule has 0 bridgehead atoms. The van der Waals surface area contributed by atoms with Gasteiger partial charge >= 0.3 is 5.97 Å². The number of hydrogen-bond acceptors (Lipinski definition) is 6. The number of amides is 2. The quantitative estimate of drug-likeness (QED) is 0.443. The number of carbonyl (C=O) groups is 3. The van der Waals surface area contributed by atoms with Crippen LogP contribution < -0.4 is 21.3 Å². The van der Waals surface area contributed by atoms with Crippen molar-refractivity contribution in [1.82, 2.24) is 5.32 Å². The van der Waals surface area contributed by atoms with E-state index in [1.165, 1.54) is 0 Å². The van der Waals surface area contributed by atoms with Gasteiger partial charge in [0.1, 0.15) is 12.6 Å². The average molecular weight is 425 g/mol. The molecule has 8 nitrogen and oxygen atoms in total. The molecule has 1 unspecified atom stereocenters. The number of ether oxygens (including phenoxy) is 1. The molecule has 2 aromatic carbocycles. The zero-order chi connectivity index (χ0) is 22.4. The molecule has 0 saturated carbocycles. The normalized spacial score (nSPS) is 13.5. The van der Waals surface area contributed by atoms with Crippen molar-refractivity contribution >= 4 is 34.8 Å². The minimum atomic E-state index is -0.778. The molecule has 1 heterocycles. The first kappa shape index (κ1) is 22.1. The van der Waals surface area contributed by atoms with E-state index in [0.717, 1.165) is 23.5 Å². The van der Waals surface area contributed by atoms with Gasteiger partial charge < -0.3 is 26.0 Å². The van der Waals surface area contributed by atoms with Crippen LogP contribution in [0.5, 0.6) is 0 Å². The van der Waals surface area contributed by atoms with E-state index in [1.807, 2.05) is 25.1 Å². The Morgan fingerprint density at radius 3 is 2.65 bits per heavy atom. The SMILES string of the molecule is CCN(CCOC(=O)C(C)NC(=O)c1ccc(N)cc1)c1cccc2c1CCC(=O)N2. The van der Waals surface area contributed by atoms with Gasteiger partial charge in [0, 0.05) is 35.6 Å². The molecule has 0 fully saturated rings. The van der Waals surface area contributed by atoms with Crippen LogP contribution in [0.25, 0.3) is 0 Å². The van der Waals surface area contributed by atoms with Gasteiger partial charge in [-0.3, -0.25) is 9.59 Å². The third-order valence-electron chi connectivity index (χ3n) is 5.23. The minimum absolute atomic E-state index is 0.0247. The lowest BCUT2D eigenvalue weighted by atomic mass is 10.00. The summed E-state index contributed by atoms with van der Waals surface area (Å²) in [5.74, 6) is -0.837. The number of anilines is 3. The molecule has 1 aliphatic rings. The van der Waals surface area contributed by atoms with Gasteiger partial charge in [0.15, 0.2) is 0 Å². The molecule has 8 heteroatoms. The lowest BCUT2D eigenvalue weighted by Crippen LogP contribution is -2.40. The van der Waals surface area contributed by atoms with Crippen molar-refractivity contribution in [3.63, 3.8) is 0 Å². The molecule has 164 valence electrons. The number of nitrogens with one attached hydrogen (secondary N) is 2. The standard InChI is InChI=1S/C23H28N4O4/c1-3-27(20-6-4-5-19-18(20)11-12-21(28)26-19)13-14-31-23(30)15(2)25-22(29)16-7-9-17(24)10-8-16/h4-10,15H,3,11-14,24H2,1-2H3,(H,25,29)(H,26,28). The highest BCUT2D eigenvalue weighted by atomic mass is 16.5. The molecule has 0 radical (unpaired) electrons. The first-order chi connectivity index (χ1) is 14.9. The summed E-state index contributed by atoms with van der Waals surface area (Å²) < 4.78 is 5.39. The summed E-state index contributed by atoms with van der Waals surface area (Å²) >= 11 is 0. The van der Waals surface area contributed by atoms with Gasteiger partial charge in [-0.2, -0.15) is 0 Å². The first-order valence-electron chi connectivity index (χ1n) is 10.4. The smallest absolute Gasteiger partial charge is 0.328 e. The first-order valence-corrected chi connectivity index (χ1v) is 10.4. The van der Waals surface area contributed by atoms with E-state index in [4.69, 9.17) is 10.5 Å². The third-order valence-corrected chi connectivity index (χ3v) is 5.23. The Bertz CT molecular complexity index is 959. The van der Waals surface area contributed by atoms with Gasteiger partial charge in [0.2, 0.25) is 5.91 Å². The summed E-state index contributed by atoms with van der Waals surface area (Å²) in [7, 11) is 0. The Morgan fingerprint density at radius 2 is 1.94 bits per heavy atom. The summed E-state index contributed by atoms with van der Waals surface area (Å²) in [6.45, 7) is 5.03. The zero-order valence-corrected chi connectivity index (χ0v) is 17.8. The largest absolute Gasteiger partial charge is 0.462 e. The lowest BCUT2D eigenvalue weighted by Gasteiger charge is -2.29. The third kappa shape index (κ3) is 5.53. The molecule has 31 heavy (non-hydrogen) atoms. The molecule has 0 aromatic heterocycles. The van der Waals surface area contributed by atoms with Crippen molar-refractivity contribution < 1.29 is 19.1 Å². The Labute approximate surface area is 181 Å². The number of esters is 1. The van der Waals surface area contributed by atoms with Gasteiger partial charge in [-0.25, -0.2) is 4.79 Å². The highest BCUT2D eigenvalue weighted by Gasteiger charge is 2.21. The number of nitrogen functional groups attached to an aromatic ring is 1. The summed E-state index contributed by atoms with van der Waals surface area (Å²) in [6.07, 6.45) is 1.14. The molecular weight excluding hydrogens is 396 g/mol. The van der Waals surface area contributed by atoms with Crippen LogP contribution in [-0.4, -0.2) is 43.5 Å². The summed E-state index contributed by atoms with van der Waals surface area (Å²) in [5, 5.41) is 5.54. The van der Waals surface area contributed by atoms with Crippen LogP contribution in [0, 0.1) is 0 Å². The highest BCUT2D eigenvalue weighted by Crippen LogP contribution is 2.31. The topological polar surface area (TPSA) is 114 Å². The van der Waals surface area contributed by atoms with Crippen LogP contribution in [0.2, 0.25) is 0 Å². The number of hydrogen-bond donors (Lipinski definition) is 3. The number of nitrogens with two attached hydrogens (primary N) is 1. The second-order valence-corrected chi connectivity index (χ2v) is 7.42. The fourth-order valence-corrected chi connectivity index (χ4v) is 3.51. The van der Waals surface area contributed by atoms with Gasteiger partial charge in [-0.15, -0.1) is 0 Å². The second kappa shape index (κ2) is 9.97. The molecule has 2 aromatic rings. The van der Waals surface area contributed by atoms with Crippen molar-refractivity contribution in [2.45, 2.75) is 32.7 Å². The molecule has 1 atom stereocenters. The maximum atomic E-state index is 12.3. The van der Waals surface area contributed by atoms with Gasteiger partial charge in [0.05, 0.1) is 6.54 Å². The number of carbonyl (C=O) groups excluding carboxylic acids is 3. The van der Waals surface area contributed by atoms with Crippen molar-refractivity contribution in [2.24, 2.45) is 0 Å². The van der Waals surface area contributed by atoms with E-state index in [2.05, 4.69) is 15.5 Å². The van der Waals surface area contributed by atoms with Crippen LogP contribution in [0.3, 0.4) is 0 Å². The maximum Gasteiger partial charge on any atom is 0.328 e. The monoisotopic (exact) mass is 424 g/mol. The second-order valence-electron chi connectivity index (χ2n) is 7.42. The Morgan fingerprint density at radius 1 is 1.19 bits per heavy atom. The predicted molar refractivity (Wildman–Crippen MR) is 120 cm³/mol. The molecule has 3 rings (SSSR count). The molecule has 1 aliphatic heterocycles. The zero-order valence-electron chi connectivity index (χ0n) is 17.8. The van der Waals surface area contributed by atoms with Crippen molar-refractivity contribution in [1.29, 1.82) is 0 Å². The predicted octanol–water partition coefficient (Wildman–Crippen LogP) is 2.34. The van der Waals surface area contributed by atoms with Crippen LogP contribution in [0.1, 0.15) is 36.2 Å². The Kier molecular flexibility index (Phi) is 7.12. The number of likely N-dealkylation sites (N-methyl/N-ethyl adjacent to an activating group) is 1. The maximum absolute atomic E-state index is 12.3. The van der Waals surface area contributed by atoms with Gasteiger partial charge in [0.25, 0.3) is 5.91 Å². The van der Waals surface area contributed by atoms with E-state index in [9.17, 15) is 14.4 Å². The number of fused-ring (bicyclic) bond motifs is 1. The molecule has 0 saturated heterocycles. The van der Waals surface area contributed by atoms with Crippen molar-refractivity contribution in [3.8, 4) is 0 Å². The summed E-state index contributed by atoms with van der Waals surface area (Å²) in [6, 6.07) is 11.5. The van der Waals surface area contributed by atoms with Crippen LogP contribution in [0.4, 0.5) is 17.1 Å². The van der Waals surface area contributed by atoms with E-state index in [-0.39, 0.29) is 18.4 Å². The summed E-state index contributed by atoms with van der Waals surface area (Å²) in [4.78, 5) is 38.3. The van der Waals surface area contributed by atoms with E-state index in [0.29, 0.717) is 30.6 Å². The van der Waals surface area contributed by atoms with E-state index < -0.39 is 12.0 Å². The van der Waals surface area contributed by atoms with Crippen LogP contribution in [-0.2, 0) is 20.7 Å². The fourth-order valence-electron chi connectivity index (χ4n) is 3.51. The van der Waals surface area contributed by atoms with Crippen LogP contribution in [0.15, 0.2) is 42.5 Å². The highest BCUT2D eigenvalue weighted by molar-refractivity contribution is 5.97. The van der Waals surface area contributed by atoms with Crippen molar-refractivity contribution in [2.75, 3.05) is 35.6 Å². The molecule has 0 spiro atoms. The number of benzene rings is 2. The van der Waals surface area contributed by atoms with Gasteiger partial charge in [-0.1, -0.05) is 6.07 Å². The lowest BCUT2D eigenvalue weighted by molar-refractivity contribution is -0.145.